The zero-order chi connectivity index (χ0) is 24.1. The Morgan fingerprint density at radius 3 is 2.53 bits per heavy atom. The van der Waals surface area contributed by atoms with Gasteiger partial charge in [0.15, 0.2) is 5.78 Å². The summed E-state index contributed by atoms with van der Waals surface area (Å²) in [6, 6.07) is 22.2. The largest absolute Gasteiger partial charge is 0.325 e. The molecule has 0 saturated heterocycles. The number of allylic oxidation sites excluding steroid dienone is 1. The summed E-state index contributed by atoms with van der Waals surface area (Å²) in [6.07, 6.45) is 0. The Hall–Kier alpha value is -3.18. The number of aliphatic imine (C=N–C) groups is 1. The van der Waals surface area contributed by atoms with Gasteiger partial charge in [-0.3, -0.25) is 9.59 Å². The van der Waals surface area contributed by atoms with Gasteiger partial charge in [-0.25, -0.2) is 4.99 Å². The molecule has 0 spiro atoms. The van der Waals surface area contributed by atoms with Crippen molar-refractivity contribution in [2.24, 2.45) is 10.9 Å². The van der Waals surface area contributed by atoms with E-state index in [2.05, 4.69) is 16.4 Å². The van der Waals surface area contributed by atoms with Crippen molar-refractivity contribution in [1.82, 2.24) is 0 Å². The van der Waals surface area contributed by atoms with Crippen LogP contribution in [-0.4, -0.2) is 23.2 Å². The number of nitrogens with one attached hydrogen (secondary N) is 1. The van der Waals surface area contributed by atoms with Crippen molar-refractivity contribution < 1.29 is 9.59 Å². The van der Waals surface area contributed by atoms with E-state index in [4.69, 9.17) is 11.6 Å². The Labute approximate surface area is 211 Å². The monoisotopic (exact) mass is 505 g/mol. The van der Waals surface area contributed by atoms with Crippen LogP contribution in [0.15, 0.2) is 87.7 Å². The van der Waals surface area contributed by atoms with Crippen LogP contribution in [0.5, 0.6) is 0 Å². The van der Waals surface area contributed by atoms with Crippen molar-refractivity contribution in [1.29, 1.82) is 5.26 Å². The molecule has 2 atom stereocenters. The van der Waals surface area contributed by atoms with Crippen molar-refractivity contribution >= 4 is 57.8 Å². The molecular formula is C26H20ClN3O2S2. The molecule has 170 valence electrons. The quantitative estimate of drug-likeness (QED) is 0.368. The van der Waals surface area contributed by atoms with Gasteiger partial charge in [-0.15, -0.1) is 11.3 Å². The summed E-state index contributed by atoms with van der Waals surface area (Å²) in [5.74, 6) is -1.51. The van der Waals surface area contributed by atoms with Crippen LogP contribution in [0.2, 0.25) is 5.02 Å². The Balaban J connectivity index is 1.71. The number of halogens is 1. The number of benzene rings is 2. The minimum absolute atomic E-state index is 0.0316. The first kappa shape index (κ1) is 24.0. The zero-order valence-electron chi connectivity index (χ0n) is 18.2. The van der Waals surface area contributed by atoms with Gasteiger partial charge in [0, 0.05) is 22.3 Å². The normalized spacial score (nSPS) is 17.6. The molecular weight excluding hydrogens is 486 g/mol. The van der Waals surface area contributed by atoms with Crippen LogP contribution in [0.1, 0.15) is 28.1 Å². The Morgan fingerprint density at radius 2 is 1.85 bits per heavy atom. The number of ketones is 1. The molecule has 1 unspecified atom stereocenters. The molecule has 0 fully saturated rings. The topological polar surface area (TPSA) is 82.3 Å². The number of hydrogen-bond acceptors (Lipinski definition) is 6. The number of amides is 1. The fraction of sp³-hybridized carbons (Fsp3) is 0.154. The molecule has 0 aliphatic carbocycles. The predicted octanol–water partition coefficient (Wildman–Crippen LogP) is 6.57. The smallest absolute Gasteiger partial charge is 0.234 e. The lowest BCUT2D eigenvalue weighted by molar-refractivity contribution is -0.118. The molecule has 8 heteroatoms. The van der Waals surface area contributed by atoms with Crippen LogP contribution >= 0.6 is 34.7 Å². The maximum atomic E-state index is 13.4. The first-order valence-corrected chi connectivity index (χ1v) is 12.7. The third-order valence-corrected chi connectivity index (χ3v) is 7.67. The molecule has 0 bridgehead atoms. The highest BCUT2D eigenvalue weighted by Crippen LogP contribution is 2.44. The lowest BCUT2D eigenvalue weighted by Crippen LogP contribution is -2.36. The number of rotatable bonds is 7. The first-order chi connectivity index (χ1) is 16.5. The molecule has 1 amide bonds. The molecule has 1 aromatic heterocycles. The van der Waals surface area contributed by atoms with E-state index in [1.165, 1.54) is 23.1 Å². The zero-order valence-corrected chi connectivity index (χ0v) is 20.6. The van der Waals surface area contributed by atoms with E-state index in [1.807, 2.05) is 41.8 Å². The highest BCUT2D eigenvalue weighted by atomic mass is 35.5. The summed E-state index contributed by atoms with van der Waals surface area (Å²) in [6.45, 7) is 1.77. The minimum Gasteiger partial charge on any atom is -0.325 e. The van der Waals surface area contributed by atoms with Crippen LogP contribution in [0.3, 0.4) is 0 Å². The third kappa shape index (κ3) is 5.15. The first-order valence-electron chi connectivity index (χ1n) is 10.5. The van der Waals surface area contributed by atoms with Gasteiger partial charge in [0.25, 0.3) is 0 Å². The Kier molecular flexibility index (Phi) is 7.63. The van der Waals surface area contributed by atoms with Gasteiger partial charge in [-0.1, -0.05) is 65.8 Å². The number of para-hydroxylation sites is 1. The summed E-state index contributed by atoms with van der Waals surface area (Å²) in [7, 11) is 0. The number of anilines is 1. The fourth-order valence-corrected chi connectivity index (χ4v) is 5.81. The highest BCUT2D eigenvalue weighted by molar-refractivity contribution is 8.03. The van der Waals surface area contributed by atoms with Crippen LogP contribution in [0.4, 0.5) is 5.69 Å². The SMILES string of the molecule is CC1=NC(SCC(=O)c2cccs2)=C(C#N)[C@@H](c2ccccc2Cl)C1C(=O)Nc1ccccc1. The van der Waals surface area contributed by atoms with Crippen LogP contribution in [-0.2, 0) is 4.79 Å². The molecule has 1 N–H and O–H groups in total. The molecule has 2 aromatic carbocycles. The van der Waals surface area contributed by atoms with Gasteiger partial charge in [0.1, 0.15) is 5.03 Å². The number of thioether (sulfide) groups is 1. The number of Topliss-reactive ketones (excluding diaryl/α,β-unsaturated/α-hetero) is 1. The van der Waals surface area contributed by atoms with Crippen molar-refractivity contribution in [2.75, 3.05) is 11.1 Å². The average molecular weight is 506 g/mol. The van der Waals surface area contributed by atoms with E-state index in [9.17, 15) is 14.9 Å². The van der Waals surface area contributed by atoms with Gasteiger partial charge in [-0.2, -0.15) is 5.26 Å². The van der Waals surface area contributed by atoms with Crippen molar-refractivity contribution in [2.45, 2.75) is 12.8 Å². The second-order valence-electron chi connectivity index (χ2n) is 7.61. The minimum atomic E-state index is -0.730. The van der Waals surface area contributed by atoms with Crippen LogP contribution in [0, 0.1) is 17.2 Å². The summed E-state index contributed by atoms with van der Waals surface area (Å²) < 4.78 is 0. The van der Waals surface area contributed by atoms with E-state index in [0.29, 0.717) is 37.5 Å². The standard InChI is InChI=1S/C26H20ClN3O2S2/c1-16-23(25(32)30-17-8-3-2-4-9-17)24(18-10-5-6-11-20(18)27)19(14-28)26(29-16)34-15-21(31)22-12-7-13-33-22/h2-13,23-24H,15H2,1H3,(H,30,32)/t23?,24-/m1/s1. The number of hydrogen-bond donors (Lipinski definition) is 1. The maximum Gasteiger partial charge on any atom is 0.234 e. The van der Waals surface area contributed by atoms with E-state index in [1.54, 1.807) is 37.3 Å². The highest BCUT2D eigenvalue weighted by Gasteiger charge is 2.40. The van der Waals surface area contributed by atoms with Crippen molar-refractivity contribution in [3.63, 3.8) is 0 Å². The lowest BCUT2D eigenvalue weighted by atomic mass is 9.76. The van der Waals surface area contributed by atoms with Crippen LogP contribution < -0.4 is 5.32 Å². The molecule has 1 aliphatic heterocycles. The molecule has 0 radical (unpaired) electrons. The fourth-order valence-electron chi connectivity index (χ4n) is 3.85. The maximum absolute atomic E-state index is 13.4. The number of carbonyl (C=O) groups is 2. The van der Waals surface area contributed by atoms with E-state index in [0.717, 1.165) is 0 Å². The Morgan fingerprint density at radius 1 is 1.12 bits per heavy atom. The van der Waals surface area contributed by atoms with Gasteiger partial charge in [-0.05, 0) is 42.1 Å². The average Bonchev–Trinajstić information content (AvgIpc) is 3.38. The molecule has 2 heterocycles. The predicted molar refractivity (Wildman–Crippen MR) is 140 cm³/mol. The van der Waals surface area contributed by atoms with Crippen LogP contribution in [0.25, 0.3) is 0 Å². The molecule has 34 heavy (non-hydrogen) atoms. The third-order valence-electron chi connectivity index (χ3n) is 5.42. The molecule has 4 rings (SSSR count). The second-order valence-corrected chi connectivity index (χ2v) is 9.92. The molecule has 5 nitrogen and oxygen atoms in total. The molecule has 1 aliphatic rings. The van der Waals surface area contributed by atoms with E-state index >= 15 is 0 Å². The van der Waals surface area contributed by atoms with Crippen molar-refractivity contribution in [3.05, 3.63) is 98.2 Å². The lowest BCUT2D eigenvalue weighted by Gasteiger charge is -2.31. The number of nitriles is 1. The number of thiophene rings is 1. The molecule has 0 saturated carbocycles. The summed E-state index contributed by atoms with van der Waals surface area (Å²) in [4.78, 5) is 31.3. The summed E-state index contributed by atoms with van der Waals surface area (Å²) in [5, 5.41) is 15.9. The second kappa shape index (κ2) is 10.8. The van der Waals surface area contributed by atoms with E-state index in [-0.39, 0.29) is 17.4 Å². The van der Waals surface area contributed by atoms with Gasteiger partial charge in [0.2, 0.25) is 5.91 Å². The number of carbonyl (C=O) groups excluding carboxylic acids is 2. The van der Waals surface area contributed by atoms with E-state index < -0.39 is 11.8 Å². The summed E-state index contributed by atoms with van der Waals surface area (Å²) in [5.41, 5.74) is 2.22. The summed E-state index contributed by atoms with van der Waals surface area (Å²) >= 11 is 9.13. The van der Waals surface area contributed by atoms with Crippen molar-refractivity contribution in [3.8, 4) is 6.07 Å². The Bertz CT molecular complexity index is 1310. The van der Waals surface area contributed by atoms with Gasteiger partial charge in [0.05, 0.1) is 28.2 Å². The number of nitrogens with zero attached hydrogens (tertiary/aromatic N) is 2. The molecule has 3 aromatic rings. The van der Waals surface area contributed by atoms with Gasteiger partial charge < -0.3 is 5.32 Å². The van der Waals surface area contributed by atoms with Gasteiger partial charge >= 0.3 is 0 Å².